The Morgan fingerprint density at radius 1 is 1.00 bits per heavy atom. The van der Waals surface area contributed by atoms with Gasteiger partial charge in [-0.15, -0.1) is 0 Å². The minimum absolute atomic E-state index is 0.0145. The van der Waals surface area contributed by atoms with E-state index in [4.69, 9.17) is 13.8 Å². The van der Waals surface area contributed by atoms with E-state index in [-0.39, 0.29) is 26.0 Å². The van der Waals surface area contributed by atoms with Crippen LogP contribution in [0.25, 0.3) is 0 Å². The van der Waals surface area contributed by atoms with Gasteiger partial charge in [-0.3, -0.25) is 23.4 Å². The van der Waals surface area contributed by atoms with E-state index in [0.717, 1.165) is 55.0 Å². The maximum atomic E-state index is 13.5. The quantitative estimate of drug-likeness (QED) is 0.0565. The van der Waals surface area contributed by atoms with Crippen LogP contribution in [-0.2, 0) is 24.9 Å². The van der Waals surface area contributed by atoms with Crippen molar-refractivity contribution in [2.45, 2.75) is 147 Å². The summed E-state index contributed by atoms with van der Waals surface area (Å²) in [6.07, 6.45) is 6.82. The Hall–Kier alpha value is -1.22. The topological polar surface area (TPSA) is 140 Å². The number of phosphoric acid groups is 1. The minimum atomic E-state index is -4.41. The average molecular weight is 707 g/mol. The number of unbranched alkanes of at least 4 members (excludes halogenated alkanes) is 13. The minimum Gasteiger partial charge on any atom is -0.390 e. The smallest absolute Gasteiger partial charge is 0.390 e. The fourth-order valence-corrected chi connectivity index (χ4v) is 7.28. The number of phosphoric ester groups is 1. The van der Waals surface area contributed by atoms with Crippen LogP contribution in [0.1, 0.15) is 110 Å². The zero-order valence-electron chi connectivity index (χ0n) is 26.7. The number of aliphatic hydroxyl groups is 1. The number of aromatic amines is 1. The van der Waals surface area contributed by atoms with E-state index < -0.39 is 61.9 Å². The molecule has 3 N–H and O–H groups in total. The molecule has 1 unspecified atom stereocenters. The van der Waals surface area contributed by atoms with E-state index in [1.807, 2.05) is 4.98 Å². The lowest BCUT2D eigenvalue weighted by atomic mass is 10.0. The first-order valence-corrected chi connectivity index (χ1v) is 19.1. The zero-order valence-corrected chi connectivity index (χ0v) is 28.4. The Morgan fingerprint density at radius 3 is 2.11 bits per heavy atom. The molecule has 1 aliphatic heterocycles. The maximum absolute atomic E-state index is 13.5. The highest BCUT2D eigenvalue weighted by molar-refractivity contribution is 7.99. The van der Waals surface area contributed by atoms with Gasteiger partial charge < -0.3 is 14.7 Å². The average Bonchev–Trinajstić information content (AvgIpc) is 3.34. The summed E-state index contributed by atoms with van der Waals surface area (Å²) in [5.41, 5.74) is -1.95. The summed E-state index contributed by atoms with van der Waals surface area (Å²) >= 11 is 1.63. The third kappa shape index (κ3) is 17.8. The highest BCUT2D eigenvalue weighted by Gasteiger charge is 2.41. The van der Waals surface area contributed by atoms with Crippen LogP contribution >= 0.6 is 19.6 Å². The Morgan fingerprint density at radius 2 is 1.54 bits per heavy atom. The van der Waals surface area contributed by atoms with Gasteiger partial charge in [-0.1, -0.05) is 77.0 Å². The Labute approximate surface area is 272 Å². The molecule has 16 heteroatoms. The van der Waals surface area contributed by atoms with Gasteiger partial charge in [0.05, 0.1) is 37.7 Å². The molecule has 2 rings (SSSR count). The number of rotatable bonds is 25. The predicted octanol–water partition coefficient (Wildman–Crippen LogP) is 6.86. The van der Waals surface area contributed by atoms with Crippen LogP contribution in [-0.4, -0.2) is 68.3 Å². The van der Waals surface area contributed by atoms with E-state index in [9.17, 15) is 41.7 Å². The molecule has 0 saturated carbocycles. The summed E-state index contributed by atoms with van der Waals surface area (Å²) in [6, 6.07) is 0. The second-order valence-electron chi connectivity index (χ2n) is 12.0. The van der Waals surface area contributed by atoms with Crippen molar-refractivity contribution in [2.24, 2.45) is 0 Å². The van der Waals surface area contributed by atoms with Gasteiger partial charge in [-0.2, -0.15) is 29.3 Å². The number of hydrogen-bond acceptors (Lipinski definition) is 8. The second kappa shape index (κ2) is 21.7. The molecule has 0 aromatic carbocycles. The molecule has 1 aliphatic rings. The van der Waals surface area contributed by atoms with Crippen molar-refractivity contribution in [1.29, 1.82) is 0 Å². The number of halogens is 4. The number of alkyl halides is 3. The third-order valence-corrected chi connectivity index (χ3v) is 9.98. The van der Waals surface area contributed by atoms with Gasteiger partial charge in [0.15, 0.2) is 0 Å². The molecule has 1 fully saturated rings. The standard InChI is InChI=1S/C30H51F4N2O8PS/c1-23(27-26(37)20-24(43-27)21-36-22-25(31)28(38)35-29(36)39)44-45(40,41)42-17-19-46-18-15-13-11-9-7-5-3-2-4-6-8-10-12-14-16-30(32,33)34/h22-24,26-27,37H,2-21H2,1H3,(H,40,41)(H,35,38,39)/t23-,24-,26+,27-/m1/s1. The van der Waals surface area contributed by atoms with Gasteiger partial charge >= 0.3 is 19.7 Å². The molecule has 5 atom stereocenters. The van der Waals surface area contributed by atoms with Crippen molar-refractivity contribution in [1.82, 2.24) is 9.55 Å². The van der Waals surface area contributed by atoms with E-state index in [1.54, 1.807) is 11.8 Å². The molecular weight excluding hydrogens is 655 g/mol. The van der Waals surface area contributed by atoms with Crippen molar-refractivity contribution in [2.75, 3.05) is 18.1 Å². The van der Waals surface area contributed by atoms with Gasteiger partial charge in [-0.05, 0) is 25.5 Å². The lowest BCUT2D eigenvalue weighted by Gasteiger charge is -2.24. The van der Waals surface area contributed by atoms with Crippen molar-refractivity contribution in [3.05, 3.63) is 32.9 Å². The third-order valence-electron chi connectivity index (χ3n) is 7.84. The number of aliphatic hydroxyl groups excluding tert-OH is 1. The highest BCUT2D eigenvalue weighted by atomic mass is 32.2. The summed E-state index contributed by atoms with van der Waals surface area (Å²) < 4.78 is 79.1. The lowest BCUT2D eigenvalue weighted by Crippen LogP contribution is -2.35. The predicted molar refractivity (Wildman–Crippen MR) is 170 cm³/mol. The van der Waals surface area contributed by atoms with Crippen molar-refractivity contribution in [3.8, 4) is 0 Å². The molecule has 2 heterocycles. The fraction of sp³-hybridized carbons (Fsp3) is 0.867. The van der Waals surface area contributed by atoms with Crippen LogP contribution < -0.4 is 11.2 Å². The zero-order chi connectivity index (χ0) is 34.0. The number of thioether (sulfide) groups is 1. The molecule has 10 nitrogen and oxygen atoms in total. The molecule has 1 aromatic heterocycles. The van der Waals surface area contributed by atoms with E-state index in [2.05, 4.69) is 0 Å². The number of aromatic nitrogens is 2. The molecule has 1 aromatic rings. The number of nitrogens with zero attached hydrogens (tertiary/aromatic N) is 1. The molecule has 268 valence electrons. The normalized spacial score (nSPS) is 20.6. The summed E-state index contributed by atoms with van der Waals surface area (Å²) in [5, 5.41) is 10.4. The summed E-state index contributed by atoms with van der Waals surface area (Å²) in [7, 11) is -4.41. The Kier molecular flexibility index (Phi) is 19.3. The lowest BCUT2D eigenvalue weighted by molar-refractivity contribution is -0.135. The molecule has 1 saturated heterocycles. The summed E-state index contributed by atoms with van der Waals surface area (Å²) in [5.74, 6) is 0.303. The van der Waals surface area contributed by atoms with Crippen LogP contribution in [0.3, 0.4) is 0 Å². The largest absolute Gasteiger partial charge is 0.472 e. The second-order valence-corrected chi connectivity index (χ2v) is 14.6. The number of ether oxygens (including phenoxy) is 1. The monoisotopic (exact) mass is 706 g/mol. The summed E-state index contributed by atoms with van der Waals surface area (Å²) in [4.78, 5) is 35.0. The van der Waals surface area contributed by atoms with Crippen LogP contribution in [0.15, 0.2) is 15.8 Å². The van der Waals surface area contributed by atoms with E-state index >= 15 is 0 Å². The number of H-pyrrole nitrogens is 1. The van der Waals surface area contributed by atoms with E-state index in [0.29, 0.717) is 12.2 Å². The van der Waals surface area contributed by atoms with Crippen LogP contribution in [0, 0.1) is 5.82 Å². The molecule has 0 amide bonds. The van der Waals surface area contributed by atoms with Gasteiger partial charge in [0.2, 0.25) is 5.82 Å². The number of hydrogen-bond donors (Lipinski definition) is 3. The number of nitrogens with one attached hydrogen (secondary N) is 1. The SMILES string of the molecule is C[C@@H](OP(=O)(O)OCCSCCCCCCCCCCCCCCCCC(F)(F)F)[C@H]1O[C@@H](Cn2cc(F)c(=O)[nH]c2=O)C[C@@H]1O. The van der Waals surface area contributed by atoms with Crippen LogP contribution in [0.2, 0.25) is 0 Å². The molecule has 0 spiro atoms. The van der Waals surface area contributed by atoms with E-state index in [1.165, 1.54) is 45.4 Å². The molecule has 0 radical (unpaired) electrons. The Balaban J connectivity index is 1.43. The van der Waals surface area contributed by atoms with Crippen molar-refractivity contribution >= 4 is 19.6 Å². The summed E-state index contributed by atoms with van der Waals surface area (Å²) in [6.45, 7) is 1.34. The first kappa shape index (κ1) is 41.0. The van der Waals surface area contributed by atoms with Crippen molar-refractivity contribution in [3.63, 3.8) is 0 Å². The maximum Gasteiger partial charge on any atom is 0.472 e. The first-order chi connectivity index (χ1) is 21.8. The fourth-order valence-electron chi connectivity index (χ4n) is 5.42. The van der Waals surface area contributed by atoms with Gasteiger partial charge in [0, 0.05) is 18.6 Å². The first-order valence-electron chi connectivity index (χ1n) is 16.4. The van der Waals surface area contributed by atoms with Crippen molar-refractivity contribution < 1.29 is 45.9 Å². The van der Waals surface area contributed by atoms with Crippen LogP contribution in [0.5, 0.6) is 0 Å². The van der Waals surface area contributed by atoms with Gasteiger partial charge in [0.1, 0.15) is 6.10 Å². The molecule has 46 heavy (non-hydrogen) atoms. The Bertz CT molecular complexity index is 1160. The van der Waals surface area contributed by atoms with Crippen LogP contribution in [0.4, 0.5) is 17.6 Å². The highest BCUT2D eigenvalue weighted by Crippen LogP contribution is 2.46. The molecule has 0 bridgehead atoms. The van der Waals surface area contributed by atoms with Gasteiger partial charge in [0.25, 0.3) is 5.56 Å². The van der Waals surface area contributed by atoms with Gasteiger partial charge in [-0.25, -0.2) is 9.36 Å². The molecule has 0 aliphatic carbocycles. The molecular formula is C30H51F4N2O8PS.